The molecule has 0 fully saturated rings. The Balaban J connectivity index is 0.000000211. The van der Waals surface area contributed by atoms with Crippen LogP contribution in [-0.4, -0.2) is 0 Å². The smallest absolute Gasteiger partial charge is 0.0991 e. The molecular weight excluding hydrogens is 256 g/mol. The molecule has 0 aliphatic heterocycles. The molecule has 0 atom stereocenters. The van der Waals surface area contributed by atoms with Gasteiger partial charge < -0.3 is 0 Å². The van der Waals surface area contributed by atoms with Gasteiger partial charge in [0.25, 0.3) is 0 Å². The molecule has 2 aromatic carbocycles. The van der Waals surface area contributed by atoms with Crippen molar-refractivity contribution in [2.24, 2.45) is 0 Å². The van der Waals surface area contributed by atoms with Crippen molar-refractivity contribution in [2.75, 3.05) is 0 Å². The van der Waals surface area contributed by atoms with Gasteiger partial charge in [0.15, 0.2) is 0 Å². The summed E-state index contributed by atoms with van der Waals surface area (Å²) in [5.74, 6) is 0. The molecule has 0 aliphatic rings. The van der Waals surface area contributed by atoms with E-state index in [0.717, 1.165) is 16.7 Å². The lowest BCUT2D eigenvalue weighted by atomic mass is 10.1. The van der Waals surface area contributed by atoms with Crippen molar-refractivity contribution in [1.29, 1.82) is 10.5 Å². The van der Waals surface area contributed by atoms with Crippen molar-refractivity contribution in [3.63, 3.8) is 0 Å². The minimum absolute atomic E-state index is 0.461. The van der Waals surface area contributed by atoms with Crippen molar-refractivity contribution in [3.8, 4) is 12.1 Å². The summed E-state index contributed by atoms with van der Waals surface area (Å²) < 4.78 is 0. The van der Waals surface area contributed by atoms with Crippen LogP contribution in [0.15, 0.2) is 61.7 Å². The van der Waals surface area contributed by atoms with Crippen LogP contribution in [0.2, 0.25) is 0 Å². The minimum Gasteiger partial charge on any atom is -0.198 e. The second kappa shape index (κ2) is 8.91. The lowest BCUT2D eigenvalue weighted by Gasteiger charge is -1.98. The highest BCUT2D eigenvalue weighted by molar-refractivity contribution is 5.52. The van der Waals surface area contributed by atoms with Crippen molar-refractivity contribution < 1.29 is 0 Å². The molecule has 0 spiro atoms. The van der Waals surface area contributed by atoms with E-state index in [1.54, 1.807) is 24.3 Å². The molecule has 0 aromatic heterocycles. The number of benzene rings is 2. The van der Waals surface area contributed by atoms with Gasteiger partial charge in [-0.15, -0.1) is 0 Å². The third-order valence-electron chi connectivity index (χ3n) is 2.82. The molecule has 0 unspecified atom stereocenters. The molecule has 21 heavy (non-hydrogen) atoms. The van der Waals surface area contributed by atoms with Gasteiger partial charge in [0.2, 0.25) is 0 Å². The Kier molecular flexibility index (Phi) is 6.77. The van der Waals surface area contributed by atoms with Gasteiger partial charge in [-0.25, -0.2) is 0 Å². The Hall–Kier alpha value is -3.10. The van der Waals surface area contributed by atoms with Crippen LogP contribution >= 0.6 is 0 Å². The molecule has 102 valence electrons. The van der Waals surface area contributed by atoms with Crippen LogP contribution in [0.25, 0.3) is 12.2 Å². The fourth-order valence-electron chi connectivity index (χ4n) is 1.67. The summed E-state index contributed by atoms with van der Waals surface area (Å²) in [5.41, 5.74) is 3.82. The van der Waals surface area contributed by atoms with Gasteiger partial charge in [-0.1, -0.05) is 61.7 Å². The van der Waals surface area contributed by atoms with E-state index in [-0.39, 0.29) is 0 Å². The van der Waals surface area contributed by atoms with Crippen LogP contribution in [0.3, 0.4) is 0 Å². The van der Waals surface area contributed by atoms with Gasteiger partial charge in [-0.3, -0.25) is 0 Å². The zero-order valence-corrected chi connectivity index (χ0v) is 11.8. The summed E-state index contributed by atoms with van der Waals surface area (Å²) in [6, 6.07) is 19.2. The molecule has 0 amide bonds. The predicted molar refractivity (Wildman–Crippen MR) is 87.1 cm³/mol. The molecular formula is C19H16N2. The van der Waals surface area contributed by atoms with E-state index in [2.05, 4.69) is 19.2 Å². The molecule has 0 N–H and O–H groups in total. The summed E-state index contributed by atoms with van der Waals surface area (Å²) in [4.78, 5) is 0. The van der Waals surface area contributed by atoms with Crippen LogP contribution in [0.5, 0.6) is 0 Å². The highest BCUT2D eigenvalue weighted by atomic mass is 14.2. The largest absolute Gasteiger partial charge is 0.198 e. The Bertz CT molecular complexity index is 683. The van der Waals surface area contributed by atoms with Gasteiger partial charge in [0.05, 0.1) is 24.1 Å². The predicted octanol–water partition coefficient (Wildman–Crippen LogP) is 4.60. The summed E-state index contributed by atoms with van der Waals surface area (Å²) in [6.45, 7) is 7.27. The van der Waals surface area contributed by atoms with Gasteiger partial charge in [0.1, 0.15) is 0 Å². The maximum atomic E-state index is 8.46. The number of rotatable bonds is 3. The molecule has 2 rings (SSSR count). The van der Waals surface area contributed by atoms with Gasteiger partial charge in [-0.2, -0.15) is 10.5 Å². The van der Waals surface area contributed by atoms with E-state index in [0.29, 0.717) is 12.0 Å². The third-order valence-corrected chi connectivity index (χ3v) is 2.82. The number of hydrogen-bond acceptors (Lipinski definition) is 2. The average molecular weight is 272 g/mol. The first-order valence-corrected chi connectivity index (χ1v) is 6.45. The SMILES string of the molecule is C=Cc1ccc(C#N)cc1.C=Cc1ccccc1CC#N. The van der Waals surface area contributed by atoms with Crippen molar-refractivity contribution in [1.82, 2.24) is 0 Å². The maximum absolute atomic E-state index is 8.46. The summed E-state index contributed by atoms with van der Waals surface area (Å²) in [5, 5.41) is 16.9. The minimum atomic E-state index is 0.461. The zero-order valence-electron chi connectivity index (χ0n) is 11.8. The summed E-state index contributed by atoms with van der Waals surface area (Å²) in [6.07, 6.45) is 3.98. The Morgan fingerprint density at radius 1 is 0.905 bits per heavy atom. The number of hydrogen-bond donors (Lipinski definition) is 0. The molecule has 0 radical (unpaired) electrons. The average Bonchev–Trinajstić information content (AvgIpc) is 2.56. The van der Waals surface area contributed by atoms with E-state index >= 15 is 0 Å². The molecule has 0 saturated heterocycles. The molecule has 2 aromatic rings. The lowest BCUT2D eigenvalue weighted by molar-refractivity contribution is 1.25. The van der Waals surface area contributed by atoms with Crippen molar-refractivity contribution in [3.05, 3.63) is 83.9 Å². The van der Waals surface area contributed by atoms with Gasteiger partial charge >= 0.3 is 0 Å². The Morgan fingerprint density at radius 3 is 2.10 bits per heavy atom. The van der Waals surface area contributed by atoms with Gasteiger partial charge in [-0.05, 0) is 28.8 Å². The van der Waals surface area contributed by atoms with E-state index in [9.17, 15) is 0 Å². The Labute approximate surface area is 125 Å². The molecule has 0 bridgehead atoms. The second-order valence-electron chi connectivity index (χ2n) is 4.18. The normalized spacial score (nSPS) is 8.48. The van der Waals surface area contributed by atoms with E-state index in [1.165, 1.54) is 0 Å². The fourth-order valence-corrected chi connectivity index (χ4v) is 1.67. The van der Waals surface area contributed by atoms with Crippen LogP contribution in [0.1, 0.15) is 22.3 Å². The Morgan fingerprint density at radius 2 is 1.57 bits per heavy atom. The van der Waals surface area contributed by atoms with Crippen LogP contribution in [-0.2, 0) is 6.42 Å². The standard InChI is InChI=1S/C10H9N.C9H7N/c1-2-9-5-3-4-6-10(9)7-8-11;1-2-8-3-5-9(7-10)6-4-8/h2-6H,1,7H2;2-6H,1H2. The molecule has 2 heteroatoms. The van der Waals surface area contributed by atoms with Crippen molar-refractivity contribution in [2.45, 2.75) is 6.42 Å². The van der Waals surface area contributed by atoms with Gasteiger partial charge in [0, 0.05) is 0 Å². The zero-order chi connectivity index (χ0) is 15.5. The highest BCUT2D eigenvalue weighted by Crippen LogP contribution is 2.09. The van der Waals surface area contributed by atoms with E-state index in [4.69, 9.17) is 10.5 Å². The monoisotopic (exact) mass is 272 g/mol. The van der Waals surface area contributed by atoms with Crippen LogP contribution in [0, 0.1) is 22.7 Å². The number of nitriles is 2. The molecule has 0 heterocycles. The first-order chi connectivity index (χ1) is 10.2. The van der Waals surface area contributed by atoms with Crippen LogP contribution in [0.4, 0.5) is 0 Å². The van der Waals surface area contributed by atoms with Crippen molar-refractivity contribution >= 4 is 12.2 Å². The quantitative estimate of drug-likeness (QED) is 0.820. The topological polar surface area (TPSA) is 47.6 Å². The fraction of sp³-hybridized carbons (Fsp3) is 0.0526. The highest BCUT2D eigenvalue weighted by Gasteiger charge is 1.94. The number of nitrogens with zero attached hydrogens (tertiary/aromatic N) is 2. The third kappa shape index (κ3) is 5.19. The second-order valence-corrected chi connectivity index (χ2v) is 4.18. The molecule has 0 saturated carbocycles. The maximum Gasteiger partial charge on any atom is 0.0991 e. The van der Waals surface area contributed by atoms with Crippen LogP contribution < -0.4 is 0 Å². The van der Waals surface area contributed by atoms with E-state index < -0.39 is 0 Å². The summed E-state index contributed by atoms with van der Waals surface area (Å²) >= 11 is 0. The first kappa shape index (κ1) is 16.0. The molecule has 2 nitrogen and oxygen atoms in total. The summed E-state index contributed by atoms with van der Waals surface area (Å²) in [7, 11) is 0. The first-order valence-electron chi connectivity index (χ1n) is 6.45. The van der Waals surface area contributed by atoms with E-state index in [1.807, 2.05) is 42.5 Å². The molecule has 0 aliphatic carbocycles. The lowest BCUT2D eigenvalue weighted by Crippen LogP contribution is -1.84.